The summed E-state index contributed by atoms with van der Waals surface area (Å²) in [5.74, 6) is -0.0240. The Labute approximate surface area is 259 Å². The third-order valence-corrected chi connectivity index (χ3v) is 7.32. The molecule has 4 rings (SSSR count). The van der Waals surface area contributed by atoms with Gasteiger partial charge in [-0.15, -0.1) is 11.8 Å². The molecule has 44 heavy (non-hydrogen) atoms. The fourth-order valence-corrected chi connectivity index (χ4v) is 4.72. The lowest BCUT2D eigenvalue weighted by Gasteiger charge is -2.13. The summed E-state index contributed by atoms with van der Waals surface area (Å²) in [4.78, 5) is 50.9. The Morgan fingerprint density at radius 1 is 0.727 bits per heavy atom. The molecule has 0 aliphatic carbocycles. The van der Waals surface area contributed by atoms with Crippen molar-refractivity contribution < 1.29 is 28.7 Å². The van der Waals surface area contributed by atoms with Crippen LogP contribution in [0.1, 0.15) is 33.2 Å². The molecule has 0 bridgehead atoms. The number of anilines is 2. The quantitative estimate of drug-likeness (QED) is 0.102. The fraction of sp³-hybridized carbons (Fsp3) is 0.118. The van der Waals surface area contributed by atoms with Crippen LogP contribution < -0.4 is 25.4 Å². The standard InChI is InChI=1S/C34H31N3O6S/c1-22(38)24-10-12-26(13-11-24)35-32(39)21-44-28-16-14-27(15-17-28)36-34(41)29(37-33(40)25-7-5-4-6-8-25)19-23-9-18-30(42-2)31(20-23)43-3/h4-20H,21H2,1-3H3,(H,35,39)(H,36,41)(H,37,40)/b29-19-. The van der Waals surface area contributed by atoms with Crippen LogP contribution in [-0.2, 0) is 9.59 Å². The minimum Gasteiger partial charge on any atom is -0.493 e. The maximum Gasteiger partial charge on any atom is 0.272 e. The zero-order chi connectivity index (χ0) is 31.5. The van der Waals surface area contributed by atoms with Gasteiger partial charge in [0.05, 0.1) is 20.0 Å². The fourth-order valence-electron chi connectivity index (χ4n) is 4.02. The van der Waals surface area contributed by atoms with Crippen molar-refractivity contribution in [1.29, 1.82) is 0 Å². The van der Waals surface area contributed by atoms with Gasteiger partial charge in [0, 0.05) is 27.4 Å². The summed E-state index contributed by atoms with van der Waals surface area (Å²) in [7, 11) is 3.04. The Hall–Kier alpha value is -5.35. The SMILES string of the molecule is COc1ccc(/C=C(\NC(=O)c2ccccc2)C(=O)Nc2ccc(SCC(=O)Nc3ccc(C(C)=O)cc3)cc2)cc1OC. The average molecular weight is 610 g/mol. The lowest BCUT2D eigenvalue weighted by atomic mass is 10.1. The highest BCUT2D eigenvalue weighted by atomic mass is 32.2. The molecule has 0 fully saturated rings. The number of carbonyl (C=O) groups excluding carboxylic acids is 4. The number of benzene rings is 4. The molecule has 0 aromatic heterocycles. The lowest BCUT2D eigenvalue weighted by Crippen LogP contribution is -2.30. The zero-order valence-corrected chi connectivity index (χ0v) is 25.2. The third-order valence-electron chi connectivity index (χ3n) is 6.30. The second-order valence-electron chi connectivity index (χ2n) is 9.44. The molecule has 4 aromatic rings. The molecular formula is C34H31N3O6S. The van der Waals surface area contributed by atoms with Crippen LogP contribution in [0.5, 0.6) is 11.5 Å². The van der Waals surface area contributed by atoms with E-state index in [-0.39, 0.29) is 23.1 Å². The monoisotopic (exact) mass is 609 g/mol. The van der Waals surface area contributed by atoms with Crippen molar-refractivity contribution >= 4 is 52.7 Å². The molecular weight excluding hydrogens is 578 g/mol. The maximum absolute atomic E-state index is 13.4. The molecule has 3 amide bonds. The van der Waals surface area contributed by atoms with Crippen LogP contribution in [0.3, 0.4) is 0 Å². The number of methoxy groups -OCH3 is 2. The molecule has 0 spiro atoms. The van der Waals surface area contributed by atoms with Crippen LogP contribution in [0.2, 0.25) is 0 Å². The van der Waals surface area contributed by atoms with Crippen LogP contribution >= 0.6 is 11.8 Å². The minimum atomic E-state index is -0.528. The van der Waals surface area contributed by atoms with Gasteiger partial charge >= 0.3 is 0 Å². The number of carbonyl (C=O) groups is 4. The zero-order valence-electron chi connectivity index (χ0n) is 24.4. The van der Waals surface area contributed by atoms with Crippen molar-refractivity contribution in [3.63, 3.8) is 0 Å². The highest BCUT2D eigenvalue weighted by molar-refractivity contribution is 8.00. The smallest absolute Gasteiger partial charge is 0.272 e. The van der Waals surface area contributed by atoms with Gasteiger partial charge in [-0.05, 0) is 91.4 Å². The predicted octanol–water partition coefficient (Wildman–Crippen LogP) is 6.05. The van der Waals surface area contributed by atoms with Gasteiger partial charge < -0.3 is 25.4 Å². The summed E-state index contributed by atoms with van der Waals surface area (Å²) in [6.45, 7) is 1.49. The number of amides is 3. The molecule has 0 atom stereocenters. The van der Waals surface area contributed by atoms with E-state index < -0.39 is 11.8 Å². The van der Waals surface area contributed by atoms with Crippen LogP contribution in [0.15, 0.2) is 108 Å². The molecule has 3 N–H and O–H groups in total. The molecule has 0 aliphatic heterocycles. The van der Waals surface area contributed by atoms with Crippen molar-refractivity contribution in [1.82, 2.24) is 5.32 Å². The number of nitrogens with one attached hydrogen (secondary N) is 3. The maximum atomic E-state index is 13.4. The summed E-state index contributed by atoms with van der Waals surface area (Å²) >= 11 is 1.33. The first-order chi connectivity index (χ1) is 21.2. The second kappa shape index (κ2) is 15.2. The van der Waals surface area contributed by atoms with E-state index in [1.807, 2.05) is 0 Å². The summed E-state index contributed by atoms with van der Waals surface area (Å²) in [5, 5.41) is 8.34. The van der Waals surface area contributed by atoms with Gasteiger partial charge in [-0.25, -0.2) is 0 Å². The summed E-state index contributed by atoms with van der Waals surface area (Å²) in [6.07, 6.45) is 1.55. The normalized spacial score (nSPS) is 10.8. The average Bonchev–Trinajstić information content (AvgIpc) is 3.04. The van der Waals surface area contributed by atoms with E-state index in [2.05, 4.69) is 16.0 Å². The van der Waals surface area contributed by atoms with E-state index in [0.717, 1.165) is 4.90 Å². The molecule has 0 heterocycles. The molecule has 0 radical (unpaired) electrons. The van der Waals surface area contributed by atoms with Crippen LogP contribution in [0, 0.1) is 0 Å². The third kappa shape index (κ3) is 8.83. The number of hydrogen-bond acceptors (Lipinski definition) is 7. The highest BCUT2D eigenvalue weighted by Gasteiger charge is 2.16. The van der Waals surface area contributed by atoms with E-state index in [0.29, 0.717) is 39.6 Å². The molecule has 0 unspecified atom stereocenters. The number of hydrogen-bond donors (Lipinski definition) is 3. The van der Waals surface area contributed by atoms with Gasteiger partial charge in [0.15, 0.2) is 17.3 Å². The van der Waals surface area contributed by atoms with Crippen molar-refractivity contribution in [3.05, 3.63) is 119 Å². The van der Waals surface area contributed by atoms with E-state index in [1.165, 1.54) is 32.9 Å². The number of rotatable bonds is 12. The molecule has 9 nitrogen and oxygen atoms in total. The van der Waals surface area contributed by atoms with E-state index in [4.69, 9.17) is 9.47 Å². The number of Topliss-reactive ketones (excluding diaryl/α,β-unsaturated/α-hetero) is 1. The Morgan fingerprint density at radius 2 is 1.36 bits per heavy atom. The molecule has 0 aliphatic rings. The Balaban J connectivity index is 1.42. The van der Waals surface area contributed by atoms with Gasteiger partial charge in [0.1, 0.15) is 5.70 Å². The first-order valence-electron chi connectivity index (χ1n) is 13.5. The van der Waals surface area contributed by atoms with Crippen LogP contribution in [0.4, 0.5) is 11.4 Å². The Morgan fingerprint density at radius 3 is 2.00 bits per heavy atom. The lowest BCUT2D eigenvalue weighted by molar-refractivity contribution is -0.114. The number of thioether (sulfide) groups is 1. The van der Waals surface area contributed by atoms with Crippen LogP contribution in [-0.4, -0.2) is 43.5 Å². The summed E-state index contributed by atoms with van der Waals surface area (Å²) in [6, 6.07) is 27.4. The first-order valence-corrected chi connectivity index (χ1v) is 14.5. The summed E-state index contributed by atoms with van der Waals surface area (Å²) in [5.41, 5.74) is 2.72. The molecule has 224 valence electrons. The van der Waals surface area contributed by atoms with Gasteiger partial charge in [0.25, 0.3) is 11.8 Å². The van der Waals surface area contributed by atoms with Gasteiger partial charge in [-0.3, -0.25) is 19.2 Å². The van der Waals surface area contributed by atoms with Crippen molar-refractivity contribution in [2.24, 2.45) is 0 Å². The number of ether oxygens (including phenoxy) is 2. The molecule has 0 saturated heterocycles. The van der Waals surface area contributed by atoms with Gasteiger partial charge in [-0.1, -0.05) is 24.3 Å². The predicted molar refractivity (Wildman–Crippen MR) is 172 cm³/mol. The minimum absolute atomic E-state index is 0.0255. The van der Waals surface area contributed by atoms with Crippen LogP contribution in [0.25, 0.3) is 6.08 Å². The molecule has 10 heteroatoms. The highest BCUT2D eigenvalue weighted by Crippen LogP contribution is 2.28. The first kappa shape index (κ1) is 31.6. The van der Waals surface area contributed by atoms with E-state index >= 15 is 0 Å². The molecule has 4 aromatic carbocycles. The van der Waals surface area contributed by atoms with Gasteiger partial charge in [0.2, 0.25) is 5.91 Å². The largest absolute Gasteiger partial charge is 0.493 e. The van der Waals surface area contributed by atoms with Crippen molar-refractivity contribution in [2.75, 3.05) is 30.6 Å². The Kier molecular flexibility index (Phi) is 10.9. The van der Waals surface area contributed by atoms with E-state index in [9.17, 15) is 19.2 Å². The topological polar surface area (TPSA) is 123 Å². The van der Waals surface area contributed by atoms with Crippen molar-refractivity contribution in [3.8, 4) is 11.5 Å². The number of ketones is 1. The van der Waals surface area contributed by atoms with Crippen molar-refractivity contribution in [2.45, 2.75) is 11.8 Å². The van der Waals surface area contributed by atoms with Gasteiger partial charge in [-0.2, -0.15) is 0 Å². The second-order valence-corrected chi connectivity index (χ2v) is 10.5. The molecule has 0 saturated carbocycles. The Bertz CT molecular complexity index is 1670. The van der Waals surface area contributed by atoms with E-state index in [1.54, 1.807) is 103 Å². The summed E-state index contributed by atoms with van der Waals surface area (Å²) < 4.78 is 10.7.